The minimum absolute atomic E-state index is 0.176. The molecule has 1 N–H and O–H groups in total. The van der Waals surface area contributed by atoms with E-state index >= 15 is 0 Å². The van der Waals surface area contributed by atoms with E-state index in [4.69, 9.17) is 9.47 Å². The maximum Gasteiger partial charge on any atom is 0.174 e. The average molecular weight is 237 g/mol. The number of anilines is 1. The minimum Gasteiger partial charge on any atom is -0.380 e. The normalized spacial score (nSPS) is 10.9. The summed E-state index contributed by atoms with van der Waals surface area (Å²) in [5, 5.41) is 3.37. The SMILES string of the molecule is CCOC(CNc1cccc(C)c1C)OCC. The molecule has 0 bridgehead atoms. The van der Waals surface area contributed by atoms with Gasteiger partial charge in [-0.15, -0.1) is 0 Å². The maximum atomic E-state index is 5.49. The van der Waals surface area contributed by atoms with Gasteiger partial charge in [-0.25, -0.2) is 0 Å². The molecule has 0 aliphatic carbocycles. The Morgan fingerprint density at radius 1 is 1.12 bits per heavy atom. The Bertz CT molecular complexity index is 333. The molecule has 0 amide bonds. The number of aryl methyl sites for hydroxylation is 1. The second-order valence-electron chi connectivity index (χ2n) is 3.97. The summed E-state index contributed by atoms with van der Waals surface area (Å²) >= 11 is 0. The fraction of sp³-hybridized carbons (Fsp3) is 0.571. The Labute approximate surface area is 104 Å². The highest BCUT2D eigenvalue weighted by atomic mass is 16.7. The van der Waals surface area contributed by atoms with Crippen LogP contribution in [0.5, 0.6) is 0 Å². The quantitative estimate of drug-likeness (QED) is 0.739. The van der Waals surface area contributed by atoms with Gasteiger partial charge in [0.05, 0.1) is 6.54 Å². The second-order valence-corrected chi connectivity index (χ2v) is 3.97. The Morgan fingerprint density at radius 2 is 1.76 bits per heavy atom. The zero-order chi connectivity index (χ0) is 12.7. The molecule has 0 spiro atoms. The maximum absolute atomic E-state index is 5.49. The summed E-state index contributed by atoms with van der Waals surface area (Å²) in [7, 11) is 0. The first kappa shape index (κ1) is 14.0. The molecule has 0 aliphatic heterocycles. The topological polar surface area (TPSA) is 30.5 Å². The zero-order valence-corrected chi connectivity index (χ0v) is 11.2. The van der Waals surface area contributed by atoms with E-state index in [1.165, 1.54) is 11.1 Å². The largest absolute Gasteiger partial charge is 0.380 e. The van der Waals surface area contributed by atoms with Gasteiger partial charge < -0.3 is 14.8 Å². The molecule has 17 heavy (non-hydrogen) atoms. The molecule has 0 fully saturated rings. The number of benzene rings is 1. The average Bonchev–Trinajstić information content (AvgIpc) is 2.31. The van der Waals surface area contributed by atoms with Crippen molar-refractivity contribution in [1.82, 2.24) is 0 Å². The van der Waals surface area contributed by atoms with Gasteiger partial charge >= 0.3 is 0 Å². The van der Waals surface area contributed by atoms with Gasteiger partial charge in [0, 0.05) is 18.9 Å². The van der Waals surface area contributed by atoms with Crippen LogP contribution in [0.4, 0.5) is 5.69 Å². The van der Waals surface area contributed by atoms with Crippen LogP contribution in [0.2, 0.25) is 0 Å². The van der Waals surface area contributed by atoms with Crippen LogP contribution in [0.3, 0.4) is 0 Å². The van der Waals surface area contributed by atoms with Crippen molar-refractivity contribution < 1.29 is 9.47 Å². The van der Waals surface area contributed by atoms with Crippen molar-refractivity contribution in [3.63, 3.8) is 0 Å². The zero-order valence-electron chi connectivity index (χ0n) is 11.2. The van der Waals surface area contributed by atoms with Crippen molar-refractivity contribution in [2.75, 3.05) is 25.1 Å². The lowest BCUT2D eigenvalue weighted by Gasteiger charge is -2.19. The van der Waals surface area contributed by atoms with Gasteiger partial charge in [-0.1, -0.05) is 12.1 Å². The van der Waals surface area contributed by atoms with Crippen molar-refractivity contribution in [1.29, 1.82) is 0 Å². The van der Waals surface area contributed by atoms with E-state index in [1.54, 1.807) is 0 Å². The monoisotopic (exact) mass is 237 g/mol. The molecule has 0 aromatic heterocycles. The molecule has 0 radical (unpaired) electrons. The van der Waals surface area contributed by atoms with Crippen molar-refractivity contribution in [3.8, 4) is 0 Å². The Balaban J connectivity index is 2.55. The highest BCUT2D eigenvalue weighted by molar-refractivity contribution is 5.53. The van der Waals surface area contributed by atoms with Crippen LogP contribution in [0, 0.1) is 13.8 Å². The molecule has 0 atom stereocenters. The Kier molecular flexibility index (Phi) is 6.01. The van der Waals surface area contributed by atoms with Crippen LogP contribution in [-0.2, 0) is 9.47 Å². The number of hydrogen-bond donors (Lipinski definition) is 1. The fourth-order valence-corrected chi connectivity index (χ4v) is 1.67. The lowest BCUT2D eigenvalue weighted by molar-refractivity contribution is -0.126. The Hall–Kier alpha value is -1.06. The van der Waals surface area contributed by atoms with Crippen LogP contribution in [0.25, 0.3) is 0 Å². The van der Waals surface area contributed by atoms with E-state index in [0.29, 0.717) is 19.8 Å². The third kappa shape index (κ3) is 4.36. The molecule has 0 aliphatic rings. The molecule has 96 valence electrons. The number of rotatable bonds is 7. The summed E-state index contributed by atoms with van der Waals surface area (Å²) in [5.41, 5.74) is 3.72. The van der Waals surface area contributed by atoms with Gasteiger partial charge in [0.1, 0.15) is 0 Å². The van der Waals surface area contributed by atoms with Crippen LogP contribution >= 0.6 is 0 Å². The molecule has 1 rings (SSSR count). The van der Waals surface area contributed by atoms with Crippen molar-refractivity contribution in [2.45, 2.75) is 34.0 Å². The second kappa shape index (κ2) is 7.30. The Morgan fingerprint density at radius 3 is 2.35 bits per heavy atom. The first-order valence-electron chi connectivity index (χ1n) is 6.22. The first-order valence-corrected chi connectivity index (χ1v) is 6.22. The predicted molar refractivity (Wildman–Crippen MR) is 71.4 cm³/mol. The minimum atomic E-state index is -0.176. The number of ether oxygens (including phenoxy) is 2. The highest BCUT2D eigenvalue weighted by Crippen LogP contribution is 2.17. The van der Waals surface area contributed by atoms with E-state index in [1.807, 2.05) is 13.8 Å². The first-order chi connectivity index (χ1) is 8.19. The molecular formula is C14H23NO2. The van der Waals surface area contributed by atoms with Gasteiger partial charge in [-0.3, -0.25) is 0 Å². The number of nitrogens with one attached hydrogen (secondary N) is 1. The van der Waals surface area contributed by atoms with Crippen molar-refractivity contribution in [2.24, 2.45) is 0 Å². The smallest absolute Gasteiger partial charge is 0.174 e. The molecule has 0 unspecified atom stereocenters. The molecule has 0 saturated carbocycles. The molecule has 1 aromatic carbocycles. The van der Waals surface area contributed by atoms with Crippen LogP contribution in [0.15, 0.2) is 18.2 Å². The van der Waals surface area contributed by atoms with E-state index in [0.717, 1.165) is 5.69 Å². The summed E-state index contributed by atoms with van der Waals surface area (Å²) in [5.74, 6) is 0. The highest BCUT2D eigenvalue weighted by Gasteiger charge is 2.08. The van der Waals surface area contributed by atoms with E-state index in [-0.39, 0.29) is 6.29 Å². The lowest BCUT2D eigenvalue weighted by Crippen LogP contribution is -2.26. The van der Waals surface area contributed by atoms with Gasteiger partial charge in [-0.2, -0.15) is 0 Å². The molecule has 1 aromatic rings. The van der Waals surface area contributed by atoms with Crippen molar-refractivity contribution in [3.05, 3.63) is 29.3 Å². The third-order valence-corrected chi connectivity index (χ3v) is 2.77. The van der Waals surface area contributed by atoms with Crippen LogP contribution in [0.1, 0.15) is 25.0 Å². The molecular weight excluding hydrogens is 214 g/mol. The van der Waals surface area contributed by atoms with Crippen molar-refractivity contribution >= 4 is 5.69 Å². The number of hydrogen-bond acceptors (Lipinski definition) is 3. The molecule has 3 nitrogen and oxygen atoms in total. The predicted octanol–water partition coefficient (Wildman–Crippen LogP) is 3.11. The third-order valence-electron chi connectivity index (χ3n) is 2.77. The van der Waals surface area contributed by atoms with E-state index < -0.39 is 0 Å². The van der Waals surface area contributed by atoms with E-state index in [2.05, 4.69) is 37.4 Å². The summed E-state index contributed by atoms with van der Waals surface area (Å²) in [6.45, 7) is 10.2. The van der Waals surface area contributed by atoms with Crippen LogP contribution < -0.4 is 5.32 Å². The summed E-state index contributed by atoms with van der Waals surface area (Å²) in [6.07, 6.45) is -0.176. The lowest BCUT2D eigenvalue weighted by atomic mass is 10.1. The van der Waals surface area contributed by atoms with Gasteiger partial charge in [-0.05, 0) is 44.9 Å². The van der Waals surface area contributed by atoms with E-state index in [9.17, 15) is 0 Å². The fourth-order valence-electron chi connectivity index (χ4n) is 1.67. The molecule has 0 heterocycles. The molecule has 0 saturated heterocycles. The summed E-state index contributed by atoms with van der Waals surface area (Å²) in [4.78, 5) is 0. The van der Waals surface area contributed by atoms with Gasteiger partial charge in [0.25, 0.3) is 0 Å². The standard InChI is InChI=1S/C14H23NO2/c1-5-16-14(17-6-2)10-15-13-9-7-8-11(3)12(13)4/h7-9,14-15H,5-6,10H2,1-4H3. The summed E-state index contributed by atoms with van der Waals surface area (Å²) < 4.78 is 11.0. The molecule has 3 heteroatoms. The van der Waals surface area contributed by atoms with Gasteiger partial charge in [0.2, 0.25) is 0 Å². The van der Waals surface area contributed by atoms with Crippen LogP contribution in [-0.4, -0.2) is 26.0 Å². The van der Waals surface area contributed by atoms with Gasteiger partial charge in [0.15, 0.2) is 6.29 Å². The summed E-state index contributed by atoms with van der Waals surface area (Å²) in [6, 6.07) is 6.25.